The maximum Gasteiger partial charge on any atom is 0.0718 e. The molecule has 1 aromatic carbocycles. The summed E-state index contributed by atoms with van der Waals surface area (Å²) < 4.78 is 0. The molecule has 0 aliphatic carbocycles. The van der Waals surface area contributed by atoms with Gasteiger partial charge in [0.2, 0.25) is 0 Å². The van der Waals surface area contributed by atoms with Crippen LogP contribution in [0.2, 0.25) is 0 Å². The number of hydrogen-bond donors (Lipinski definition) is 1. The predicted molar refractivity (Wildman–Crippen MR) is 73.3 cm³/mol. The van der Waals surface area contributed by atoms with Crippen LogP contribution in [0.3, 0.4) is 0 Å². The molecule has 17 heavy (non-hydrogen) atoms. The zero-order valence-electron chi connectivity index (χ0n) is 11.5. The highest BCUT2D eigenvalue weighted by Crippen LogP contribution is 2.17. The van der Waals surface area contributed by atoms with Gasteiger partial charge in [-0.05, 0) is 31.9 Å². The second-order valence-corrected chi connectivity index (χ2v) is 5.45. The number of hydrogen-bond acceptors (Lipinski definition) is 2. The summed E-state index contributed by atoms with van der Waals surface area (Å²) in [5, 5.41) is 9.86. The van der Waals surface area contributed by atoms with Gasteiger partial charge in [0, 0.05) is 13.1 Å². The highest BCUT2D eigenvalue weighted by atomic mass is 16.3. The summed E-state index contributed by atoms with van der Waals surface area (Å²) in [5.41, 5.74) is 0.744. The Morgan fingerprint density at radius 3 is 2.29 bits per heavy atom. The number of benzene rings is 1. The quantitative estimate of drug-likeness (QED) is 0.819. The van der Waals surface area contributed by atoms with Crippen molar-refractivity contribution in [3.8, 4) is 0 Å². The van der Waals surface area contributed by atoms with Crippen molar-refractivity contribution in [3.63, 3.8) is 0 Å². The van der Waals surface area contributed by atoms with E-state index in [0.717, 1.165) is 19.6 Å². The van der Waals surface area contributed by atoms with Crippen LogP contribution in [0.1, 0.15) is 39.2 Å². The molecule has 0 bridgehead atoms. The van der Waals surface area contributed by atoms with E-state index in [2.05, 4.69) is 43.0 Å². The van der Waals surface area contributed by atoms with Crippen LogP contribution in [0.4, 0.5) is 0 Å². The van der Waals surface area contributed by atoms with E-state index in [0.29, 0.717) is 5.92 Å². The van der Waals surface area contributed by atoms with E-state index in [-0.39, 0.29) is 0 Å². The third kappa shape index (κ3) is 5.33. The van der Waals surface area contributed by atoms with E-state index in [4.69, 9.17) is 0 Å². The molecule has 0 spiro atoms. The van der Waals surface area contributed by atoms with Crippen LogP contribution in [-0.2, 0) is 0 Å². The second-order valence-electron chi connectivity index (χ2n) is 5.45. The first-order valence-electron chi connectivity index (χ1n) is 6.42. The van der Waals surface area contributed by atoms with Gasteiger partial charge in [0.1, 0.15) is 0 Å². The Morgan fingerprint density at radius 2 is 1.82 bits per heavy atom. The van der Waals surface area contributed by atoms with E-state index in [1.54, 1.807) is 0 Å². The van der Waals surface area contributed by atoms with Gasteiger partial charge < -0.3 is 10.0 Å². The molecule has 0 radical (unpaired) electrons. The van der Waals surface area contributed by atoms with Gasteiger partial charge in [-0.3, -0.25) is 0 Å². The van der Waals surface area contributed by atoms with E-state index in [9.17, 15) is 5.11 Å². The lowest BCUT2D eigenvalue weighted by Gasteiger charge is -2.30. The zero-order chi connectivity index (χ0) is 12.9. The highest BCUT2D eigenvalue weighted by Gasteiger charge is 2.19. The van der Waals surface area contributed by atoms with Crippen LogP contribution in [0.5, 0.6) is 0 Å². The first kappa shape index (κ1) is 14.2. The first-order valence-corrected chi connectivity index (χ1v) is 6.42. The molecule has 2 heteroatoms. The Hall–Kier alpha value is -0.860. The molecule has 0 saturated carbocycles. The van der Waals surface area contributed by atoms with Crippen LogP contribution in [-0.4, -0.2) is 35.2 Å². The van der Waals surface area contributed by atoms with E-state index in [1.807, 2.05) is 19.9 Å². The molecule has 0 aromatic heterocycles. The maximum atomic E-state index is 9.86. The second kappa shape index (κ2) is 6.18. The van der Waals surface area contributed by atoms with Crippen molar-refractivity contribution in [2.45, 2.75) is 39.2 Å². The average Bonchev–Trinajstić information content (AvgIpc) is 2.27. The average molecular weight is 235 g/mol. The SMILES string of the molecule is CCN(CC(C)c1ccccc1)CC(C)(C)O. The largest absolute Gasteiger partial charge is 0.389 e. The lowest BCUT2D eigenvalue weighted by Crippen LogP contribution is -2.40. The third-order valence-corrected chi connectivity index (χ3v) is 2.96. The Bertz CT molecular complexity index is 315. The maximum absolute atomic E-state index is 9.86. The van der Waals surface area contributed by atoms with Crippen molar-refractivity contribution in [2.75, 3.05) is 19.6 Å². The normalized spacial score (nSPS) is 14.0. The summed E-state index contributed by atoms with van der Waals surface area (Å²) in [5.74, 6) is 0.499. The summed E-state index contributed by atoms with van der Waals surface area (Å²) >= 11 is 0. The third-order valence-electron chi connectivity index (χ3n) is 2.96. The predicted octanol–water partition coefficient (Wildman–Crippen LogP) is 2.88. The lowest BCUT2D eigenvalue weighted by atomic mass is 10.00. The molecule has 1 N–H and O–H groups in total. The molecular weight excluding hydrogens is 210 g/mol. The van der Waals surface area contributed by atoms with Gasteiger partial charge in [0.15, 0.2) is 0 Å². The van der Waals surface area contributed by atoms with Crippen LogP contribution >= 0.6 is 0 Å². The van der Waals surface area contributed by atoms with Crippen molar-refractivity contribution < 1.29 is 5.11 Å². The summed E-state index contributed by atoms with van der Waals surface area (Å²) in [6.45, 7) is 10.8. The summed E-state index contributed by atoms with van der Waals surface area (Å²) in [4.78, 5) is 2.30. The Kier molecular flexibility index (Phi) is 5.16. The number of nitrogens with zero attached hydrogens (tertiary/aromatic N) is 1. The van der Waals surface area contributed by atoms with Crippen LogP contribution in [0, 0.1) is 0 Å². The van der Waals surface area contributed by atoms with Crippen molar-refractivity contribution in [1.29, 1.82) is 0 Å². The molecule has 0 amide bonds. The molecule has 0 aliphatic rings. The highest BCUT2D eigenvalue weighted by molar-refractivity contribution is 5.19. The molecule has 1 rings (SSSR count). The molecule has 2 nitrogen and oxygen atoms in total. The number of likely N-dealkylation sites (N-methyl/N-ethyl adjacent to an activating group) is 1. The minimum atomic E-state index is -0.619. The fourth-order valence-corrected chi connectivity index (χ4v) is 2.13. The minimum Gasteiger partial charge on any atom is -0.389 e. The summed E-state index contributed by atoms with van der Waals surface area (Å²) in [6, 6.07) is 10.5. The monoisotopic (exact) mass is 235 g/mol. The van der Waals surface area contributed by atoms with Gasteiger partial charge in [0.05, 0.1) is 5.60 Å². The molecule has 1 aromatic rings. The van der Waals surface area contributed by atoms with Crippen LogP contribution in [0.15, 0.2) is 30.3 Å². The molecule has 0 fully saturated rings. The van der Waals surface area contributed by atoms with Gasteiger partial charge in [-0.2, -0.15) is 0 Å². The molecule has 96 valence electrons. The lowest BCUT2D eigenvalue weighted by molar-refractivity contribution is 0.0364. The van der Waals surface area contributed by atoms with Crippen molar-refractivity contribution in [1.82, 2.24) is 4.90 Å². The van der Waals surface area contributed by atoms with Crippen LogP contribution in [0.25, 0.3) is 0 Å². The number of aliphatic hydroxyl groups is 1. The van der Waals surface area contributed by atoms with Gasteiger partial charge in [-0.15, -0.1) is 0 Å². The van der Waals surface area contributed by atoms with E-state index >= 15 is 0 Å². The fraction of sp³-hybridized carbons (Fsp3) is 0.600. The molecular formula is C15H25NO. The van der Waals surface area contributed by atoms with Crippen molar-refractivity contribution >= 4 is 0 Å². The first-order chi connectivity index (χ1) is 7.92. The van der Waals surface area contributed by atoms with E-state index in [1.165, 1.54) is 5.56 Å². The molecule has 0 heterocycles. The van der Waals surface area contributed by atoms with Gasteiger partial charge in [0.25, 0.3) is 0 Å². The molecule has 0 aliphatic heterocycles. The minimum absolute atomic E-state index is 0.499. The van der Waals surface area contributed by atoms with Gasteiger partial charge in [-0.1, -0.05) is 44.2 Å². The van der Waals surface area contributed by atoms with Crippen LogP contribution < -0.4 is 0 Å². The number of rotatable bonds is 6. The molecule has 1 unspecified atom stereocenters. The standard InChI is InChI=1S/C15H25NO/c1-5-16(12-15(3,4)17)11-13(2)14-9-7-6-8-10-14/h6-10,13,17H,5,11-12H2,1-4H3. The fourth-order valence-electron chi connectivity index (χ4n) is 2.13. The smallest absolute Gasteiger partial charge is 0.0718 e. The van der Waals surface area contributed by atoms with Crippen molar-refractivity contribution in [3.05, 3.63) is 35.9 Å². The van der Waals surface area contributed by atoms with Gasteiger partial charge in [-0.25, -0.2) is 0 Å². The Balaban J connectivity index is 2.57. The Morgan fingerprint density at radius 1 is 1.24 bits per heavy atom. The van der Waals surface area contributed by atoms with Gasteiger partial charge >= 0.3 is 0 Å². The molecule has 0 saturated heterocycles. The van der Waals surface area contributed by atoms with Crippen molar-refractivity contribution in [2.24, 2.45) is 0 Å². The van der Waals surface area contributed by atoms with E-state index < -0.39 is 5.60 Å². The summed E-state index contributed by atoms with van der Waals surface area (Å²) in [7, 11) is 0. The Labute approximate surface area is 105 Å². The zero-order valence-corrected chi connectivity index (χ0v) is 11.5. The topological polar surface area (TPSA) is 23.5 Å². The molecule has 1 atom stereocenters. The summed E-state index contributed by atoms with van der Waals surface area (Å²) in [6.07, 6.45) is 0.